The topological polar surface area (TPSA) is 44.4 Å². The van der Waals surface area contributed by atoms with Crippen LogP contribution in [0.1, 0.15) is 12.8 Å². The number of benzene rings is 1. The molecule has 2 N–H and O–H groups in total. The van der Waals surface area contributed by atoms with E-state index in [9.17, 15) is 9.18 Å². The lowest BCUT2D eigenvalue weighted by molar-refractivity contribution is 0.187. The van der Waals surface area contributed by atoms with Crippen molar-refractivity contribution >= 4 is 24.1 Å². The Hall–Kier alpha value is -1.33. The van der Waals surface area contributed by atoms with Crippen molar-refractivity contribution in [2.45, 2.75) is 18.9 Å². The predicted octanol–water partition coefficient (Wildman–Crippen LogP) is 2.46. The van der Waals surface area contributed by atoms with Crippen molar-refractivity contribution in [2.24, 2.45) is 0 Å². The Morgan fingerprint density at radius 1 is 1.37 bits per heavy atom. The molecule has 1 saturated heterocycles. The molecule has 1 aliphatic heterocycles. The fourth-order valence-corrected chi connectivity index (χ4v) is 2.13. The van der Waals surface area contributed by atoms with Crippen molar-refractivity contribution in [3.8, 4) is 0 Å². The van der Waals surface area contributed by atoms with E-state index in [4.69, 9.17) is 0 Å². The van der Waals surface area contributed by atoms with Gasteiger partial charge in [-0.1, -0.05) is 0 Å². The van der Waals surface area contributed by atoms with Crippen LogP contribution in [0, 0.1) is 5.82 Å². The van der Waals surface area contributed by atoms with E-state index in [0.717, 1.165) is 19.4 Å². The first kappa shape index (κ1) is 15.7. The van der Waals surface area contributed by atoms with Crippen LogP contribution in [0.4, 0.5) is 14.9 Å². The Bertz CT molecular complexity index is 413. The number of amides is 2. The van der Waals surface area contributed by atoms with Crippen LogP contribution in [-0.2, 0) is 0 Å². The molecule has 0 radical (unpaired) electrons. The Kier molecular flexibility index (Phi) is 6.05. The summed E-state index contributed by atoms with van der Waals surface area (Å²) in [6.45, 7) is 1.48. The number of likely N-dealkylation sites (tertiary alicyclic amines) is 1. The molecule has 1 heterocycles. The molecule has 0 aromatic heterocycles. The molecule has 2 rings (SSSR count). The number of rotatable bonds is 2. The highest BCUT2D eigenvalue weighted by Crippen LogP contribution is 2.13. The summed E-state index contributed by atoms with van der Waals surface area (Å²) in [6, 6.07) is 6.03. The maximum atomic E-state index is 12.7. The lowest BCUT2D eigenvalue weighted by Crippen LogP contribution is -2.48. The Morgan fingerprint density at radius 2 is 2.05 bits per heavy atom. The number of hydrogen-bond acceptors (Lipinski definition) is 2. The number of carbonyl (C=O) groups is 1. The van der Waals surface area contributed by atoms with E-state index in [-0.39, 0.29) is 24.3 Å². The molecule has 4 nitrogen and oxygen atoms in total. The minimum absolute atomic E-state index is 0. The molecule has 0 bridgehead atoms. The number of halogens is 2. The first-order valence-electron chi connectivity index (χ1n) is 6.18. The van der Waals surface area contributed by atoms with Gasteiger partial charge in [0.15, 0.2) is 0 Å². The van der Waals surface area contributed by atoms with Gasteiger partial charge in [0.05, 0.1) is 0 Å². The van der Waals surface area contributed by atoms with Crippen molar-refractivity contribution < 1.29 is 9.18 Å². The average Bonchev–Trinajstić information content (AvgIpc) is 2.41. The number of carbonyl (C=O) groups excluding carboxylic acids is 1. The van der Waals surface area contributed by atoms with Gasteiger partial charge < -0.3 is 15.5 Å². The third-order valence-corrected chi connectivity index (χ3v) is 3.21. The second kappa shape index (κ2) is 7.31. The van der Waals surface area contributed by atoms with Crippen molar-refractivity contribution in [1.82, 2.24) is 10.2 Å². The number of likely N-dealkylation sites (N-methyl/N-ethyl adjacent to an activating group) is 1. The SMILES string of the molecule is CN[C@H]1CCCN(C(=O)Nc2ccc(F)cc2)C1.Cl. The van der Waals surface area contributed by atoms with Gasteiger partial charge in [0.2, 0.25) is 0 Å². The molecule has 1 aromatic carbocycles. The summed E-state index contributed by atoms with van der Waals surface area (Å²) in [7, 11) is 1.91. The maximum absolute atomic E-state index is 12.7. The zero-order valence-corrected chi connectivity index (χ0v) is 11.7. The van der Waals surface area contributed by atoms with Gasteiger partial charge in [-0.2, -0.15) is 0 Å². The lowest BCUT2D eigenvalue weighted by Gasteiger charge is -2.32. The molecule has 106 valence electrons. The van der Waals surface area contributed by atoms with E-state index in [2.05, 4.69) is 10.6 Å². The Morgan fingerprint density at radius 3 is 2.68 bits per heavy atom. The van der Waals surface area contributed by atoms with Crippen molar-refractivity contribution in [3.63, 3.8) is 0 Å². The third-order valence-electron chi connectivity index (χ3n) is 3.21. The molecule has 0 unspecified atom stereocenters. The number of nitrogens with zero attached hydrogens (tertiary/aromatic N) is 1. The van der Waals surface area contributed by atoms with Gasteiger partial charge in [0.25, 0.3) is 0 Å². The predicted molar refractivity (Wildman–Crippen MR) is 76.3 cm³/mol. The minimum Gasteiger partial charge on any atom is -0.323 e. The van der Waals surface area contributed by atoms with E-state index in [1.54, 1.807) is 17.0 Å². The van der Waals surface area contributed by atoms with E-state index < -0.39 is 0 Å². The van der Waals surface area contributed by atoms with Gasteiger partial charge in [0.1, 0.15) is 5.82 Å². The fraction of sp³-hybridized carbons (Fsp3) is 0.462. The number of anilines is 1. The van der Waals surface area contributed by atoms with Crippen LogP contribution in [0.15, 0.2) is 24.3 Å². The molecule has 1 aliphatic rings. The molecule has 1 fully saturated rings. The molecule has 1 atom stereocenters. The summed E-state index contributed by atoms with van der Waals surface area (Å²) >= 11 is 0. The van der Waals surface area contributed by atoms with Crippen molar-refractivity contribution in [1.29, 1.82) is 0 Å². The fourth-order valence-electron chi connectivity index (χ4n) is 2.13. The number of hydrogen-bond donors (Lipinski definition) is 2. The first-order valence-corrected chi connectivity index (χ1v) is 6.18. The number of nitrogens with one attached hydrogen (secondary N) is 2. The van der Waals surface area contributed by atoms with E-state index >= 15 is 0 Å². The van der Waals surface area contributed by atoms with Crippen LogP contribution >= 0.6 is 12.4 Å². The summed E-state index contributed by atoms with van der Waals surface area (Å²) in [4.78, 5) is 13.8. The highest BCUT2D eigenvalue weighted by Gasteiger charge is 2.22. The van der Waals surface area contributed by atoms with Crippen LogP contribution in [0.25, 0.3) is 0 Å². The van der Waals surface area contributed by atoms with E-state index in [1.807, 2.05) is 7.05 Å². The molecular formula is C13H19ClFN3O. The molecule has 0 aliphatic carbocycles. The molecule has 2 amide bonds. The van der Waals surface area contributed by atoms with Gasteiger partial charge in [-0.3, -0.25) is 0 Å². The van der Waals surface area contributed by atoms with Gasteiger partial charge in [-0.25, -0.2) is 9.18 Å². The molecular weight excluding hydrogens is 269 g/mol. The Labute approximate surface area is 118 Å². The molecule has 19 heavy (non-hydrogen) atoms. The van der Waals surface area contributed by atoms with Gasteiger partial charge >= 0.3 is 6.03 Å². The molecule has 0 spiro atoms. The number of piperidine rings is 1. The van der Waals surface area contributed by atoms with Crippen LogP contribution in [-0.4, -0.2) is 37.1 Å². The summed E-state index contributed by atoms with van der Waals surface area (Å²) < 4.78 is 12.7. The summed E-state index contributed by atoms with van der Waals surface area (Å²) in [6.07, 6.45) is 2.10. The zero-order valence-electron chi connectivity index (χ0n) is 10.9. The van der Waals surface area contributed by atoms with Crippen LogP contribution < -0.4 is 10.6 Å². The molecule has 1 aromatic rings. The summed E-state index contributed by atoms with van der Waals surface area (Å²) in [5.74, 6) is -0.304. The second-order valence-electron chi connectivity index (χ2n) is 4.51. The van der Waals surface area contributed by atoms with E-state index in [1.165, 1.54) is 12.1 Å². The average molecular weight is 288 g/mol. The monoisotopic (exact) mass is 287 g/mol. The van der Waals surface area contributed by atoms with Gasteiger partial charge in [0, 0.05) is 24.8 Å². The number of urea groups is 1. The highest BCUT2D eigenvalue weighted by atomic mass is 35.5. The smallest absolute Gasteiger partial charge is 0.321 e. The second-order valence-corrected chi connectivity index (χ2v) is 4.51. The molecule has 0 saturated carbocycles. The molecule has 6 heteroatoms. The zero-order chi connectivity index (χ0) is 13.0. The van der Waals surface area contributed by atoms with Crippen LogP contribution in [0.2, 0.25) is 0 Å². The Balaban J connectivity index is 0.00000180. The summed E-state index contributed by atoms with van der Waals surface area (Å²) in [5, 5.41) is 5.96. The van der Waals surface area contributed by atoms with Crippen molar-refractivity contribution in [3.05, 3.63) is 30.1 Å². The van der Waals surface area contributed by atoms with Gasteiger partial charge in [-0.15, -0.1) is 12.4 Å². The third kappa shape index (κ3) is 4.36. The highest BCUT2D eigenvalue weighted by molar-refractivity contribution is 5.89. The lowest BCUT2D eigenvalue weighted by atomic mass is 10.1. The summed E-state index contributed by atoms with van der Waals surface area (Å²) in [5.41, 5.74) is 0.619. The van der Waals surface area contributed by atoms with Gasteiger partial charge in [-0.05, 0) is 44.2 Å². The first-order chi connectivity index (χ1) is 8.69. The minimum atomic E-state index is -0.304. The largest absolute Gasteiger partial charge is 0.323 e. The van der Waals surface area contributed by atoms with Crippen molar-refractivity contribution in [2.75, 3.05) is 25.5 Å². The van der Waals surface area contributed by atoms with E-state index in [0.29, 0.717) is 18.3 Å². The quantitative estimate of drug-likeness (QED) is 0.878. The normalized spacial score (nSPS) is 18.6. The maximum Gasteiger partial charge on any atom is 0.321 e. The van der Waals surface area contributed by atoms with Crippen LogP contribution in [0.3, 0.4) is 0 Å². The standard InChI is InChI=1S/C13H18FN3O.ClH/c1-15-12-3-2-8-17(9-12)13(18)16-11-6-4-10(14)5-7-11;/h4-7,12,15H,2-3,8-9H2,1H3,(H,16,18);1H/t12-;/m0./s1. The van der Waals surface area contributed by atoms with Crippen LogP contribution in [0.5, 0.6) is 0 Å².